The molecule has 3 rings (SSSR count). The van der Waals surface area contributed by atoms with E-state index < -0.39 is 0 Å². The summed E-state index contributed by atoms with van der Waals surface area (Å²) < 4.78 is 7.28. The molecule has 3 N–H and O–H groups in total. The number of nitrogens with zero attached hydrogens (tertiary/aromatic N) is 5. The Hall–Kier alpha value is -3.13. The van der Waals surface area contributed by atoms with Crippen LogP contribution in [0.2, 0.25) is 5.02 Å². The number of ether oxygens (including phenoxy) is 1. The van der Waals surface area contributed by atoms with Gasteiger partial charge in [-0.3, -0.25) is 0 Å². The predicted molar refractivity (Wildman–Crippen MR) is 87.4 cm³/mol. The second kappa shape index (κ2) is 6.97. The molecule has 0 saturated heterocycles. The van der Waals surface area contributed by atoms with Crippen LogP contribution in [0.25, 0.3) is 5.69 Å². The van der Waals surface area contributed by atoms with E-state index in [0.29, 0.717) is 28.6 Å². The number of halogens is 1. The van der Waals surface area contributed by atoms with E-state index in [0.717, 1.165) is 5.56 Å². The van der Waals surface area contributed by atoms with E-state index in [4.69, 9.17) is 27.3 Å². The summed E-state index contributed by atoms with van der Waals surface area (Å²) >= 11 is 5.97. The van der Waals surface area contributed by atoms with Gasteiger partial charge in [-0.2, -0.15) is 4.68 Å². The first kappa shape index (κ1) is 15.8. The molecule has 0 aliphatic carbocycles. The second-order valence-corrected chi connectivity index (χ2v) is 5.28. The molecule has 0 aliphatic heterocycles. The number of nitrogens with two attached hydrogens (primary N) is 1. The van der Waals surface area contributed by atoms with Gasteiger partial charge >= 0.3 is 0 Å². The Morgan fingerprint density at radius 3 is 2.88 bits per heavy atom. The van der Waals surface area contributed by atoms with Crippen molar-refractivity contribution in [2.75, 3.05) is 0 Å². The summed E-state index contributed by atoms with van der Waals surface area (Å²) in [6.45, 7) is 0.318. The number of tetrazole rings is 1. The summed E-state index contributed by atoms with van der Waals surface area (Å²) in [5.74, 6) is 0.516. The Bertz CT molecular complexity index is 866. The summed E-state index contributed by atoms with van der Waals surface area (Å²) in [6.07, 6.45) is 1.43. The minimum absolute atomic E-state index is 0.0225. The molecular formula is C15H13ClN6O2. The highest BCUT2D eigenvalue weighted by molar-refractivity contribution is 6.30. The van der Waals surface area contributed by atoms with Crippen LogP contribution >= 0.6 is 11.6 Å². The van der Waals surface area contributed by atoms with Crippen LogP contribution in [-0.4, -0.2) is 31.3 Å². The third kappa shape index (κ3) is 3.44. The largest absolute Gasteiger partial charge is 0.487 e. The minimum Gasteiger partial charge on any atom is -0.487 e. The molecule has 0 amide bonds. The average Bonchev–Trinajstić information content (AvgIpc) is 3.13. The number of amidine groups is 1. The van der Waals surface area contributed by atoms with Crippen molar-refractivity contribution in [1.29, 1.82) is 0 Å². The van der Waals surface area contributed by atoms with Crippen molar-refractivity contribution >= 4 is 17.4 Å². The highest BCUT2D eigenvalue weighted by atomic mass is 35.5. The van der Waals surface area contributed by atoms with Gasteiger partial charge in [0.25, 0.3) is 0 Å². The van der Waals surface area contributed by atoms with Gasteiger partial charge in [-0.05, 0) is 46.3 Å². The zero-order valence-corrected chi connectivity index (χ0v) is 13.1. The van der Waals surface area contributed by atoms with Crippen LogP contribution in [0, 0.1) is 0 Å². The number of hydrogen-bond donors (Lipinski definition) is 2. The lowest BCUT2D eigenvalue weighted by Gasteiger charge is -2.12. The molecule has 0 unspecified atom stereocenters. The molecule has 122 valence electrons. The molecule has 2 aromatic carbocycles. The van der Waals surface area contributed by atoms with E-state index in [1.54, 1.807) is 24.3 Å². The topological polar surface area (TPSA) is 111 Å². The fourth-order valence-electron chi connectivity index (χ4n) is 2.10. The van der Waals surface area contributed by atoms with E-state index >= 15 is 0 Å². The molecule has 1 aromatic heterocycles. The van der Waals surface area contributed by atoms with Crippen LogP contribution in [0.5, 0.6) is 5.75 Å². The predicted octanol–water partition coefficient (Wildman–Crippen LogP) is 1.99. The lowest BCUT2D eigenvalue weighted by molar-refractivity contribution is 0.304. The monoisotopic (exact) mass is 344 g/mol. The number of rotatable bonds is 5. The summed E-state index contributed by atoms with van der Waals surface area (Å²) in [4.78, 5) is 0. The first-order chi connectivity index (χ1) is 11.7. The smallest absolute Gasteiger partial charge is 0.170 e. The molecule has 0 aliphatic rings. The van der Waals surface area contributed by atoms with Crippen molar-refractivity contribution in [3.8, 4) is 11.4 Å². The minimum atomic E-state index is -0.0225. The lowest BCUT2D eigenvalue weighted by atomic mass is 10.1. The molecule has 9 heteroatoms. The fourth-order valence-corrected chi connectivity index (χ4v) is 2.31. The first-order valence-electron chi connectivity index (χ1n) is 6.90. The molecule has 0 atom stereocenters. The van der Waals surface area contributed by atoms with E-state index in [2.05, 4.69) is 20.7 Å². The van der Waals surface area contributed by atoms with Gasteiger partial charge in [0.2, 0.25) is 0 Å². The highest BCUT2D eigenvalue weighted by Crippen LogP contribution is 2.25. The quantitative estimate of drug-likeness (QED) is 0.317. The fraction of sp³-hybridized carbons (Fsp3) is 0.0667. The SMILES string of the molecule is NC(=NO)c1ccc(OCc2cccc(Cl)c2)c(-n2cnnn2)c1. The van der Waals surface area contributed by atoms with Crippen molar-refractivity contribution in [1.82, 2.24) is 20.2 Å². The maximum Gasteiger partial charge on any atom is 0.170 e. The summed E-state index contributed by atoms with van der Waals surface area (Å²) in [6, 6.07) is 12.4. The van der Waals surface area contributed by atoms with Gasteiger partial charge in [0.15, 0.2) is 5.84 Å². The molecule has 24 heavy (non-hydrogen) atoms. The van der Waals surface area contributed by atoms with E-state index in [1.807, 2.05) is 18.2 Å². The van der Waals surface area contributed by atoms with Crippen LogP contribution in [-0.2, 0) is 6.61 Å². The Labute approximate surface area is 142 Å². The van der Waals surface area contributed by atoms with Gasteiger partial charge in [0, 0.05) is 10.6 Å². The highest BCUT2D eigenvalue weighted by Gasteiger charge is 2.11. The number of benzene rings is 2. The van der Waals surface area contributed by atoms with E-state index in [9.17, 15) is 0 Å². The molecule has 8 nitrogen and oxygen atoms in total. The molecule has 3 aromatic rings. The van der Waals surface area contributed by atoms with E-state index in [1.165, 1.54) is 11.0 Å². The molecule has 0 fully saturated rings. The van der Waals surface area contributed by atoms with Crippen molar-refractivity contribution < 1.29 is 9.94 Å². The van der Waals surface area contributed by atoms with Crippen molar-refractivity contribution in [3.05, 3.63) is 64.9 Å². The second-order valence-electron chi connectivity index (χ2n) is 4.84. The standard InChI is InChI=1S/C15H13ClN6O2/c16-12-3-1-2-10(6-12)8-24-14-5-4-11(15(17)19-23)7-13(14)22-9-18-20-21-22/h1-7,9,23H,8H2,(H2,17,19). The molecule has 0 spiro atoms. The molecule has 0 radical (unpaired) electrons. The number of aromatic nitrogens is 4. The van der Waals surface area contributed by atoms with Crippen molar-refractivity contribution in [3.63, 3.8) is 0 Å². The number of oxime groups is 1. The summed E-state index contributed by atoms with van der Waals surface area (Å²) in [5.41, 5.74) is 7.63. The third-order valence-corrected chi connectivity index (χ3v) is 3.48. The first-order valence-corrected chi connectivity index (χ1v) is 7.27. The molecule has 0 saturated carbocycles. The molecular weight excluding hydrogens is 332 g/mol. The van der Waals surface area contributed by atoms with Gasteiger partial charge in [-0.15, -0.1) is 5.10 Å². The lowest BCUT2D eigenvalue weighted by Crippen LogP contribution is -2.14. The van der Waals surface area contributed by atoms with Gasteiger partial charge < -0.3 is 15.7 Å². The van der Waals surface area contributed by atoms with Crippen LogP contribution in [0.15, 0.2) is 53.9 Å². The maximum absolute atomic E-state index is 8.83. The van der Waals surface area contributed by atoms with Gasteiger partial charge in [-0.1, -0.05) is 28.9 Å². The average molecular weight is 345 g/mol. The van der Waals surface area contributed by atoms with Crippen LogP contribution in [0.4, 0.5) is 0 Å². The third-order valence-electron chi connectivity index (χ3n) is 3.24. The van der Waals surface area contributed by atoms with Crippen LogP contribution < -0.4 is 10.5 Å². The van der Waals surface area contributed by atoms with Crippen LogP contribution in [0.1, 0.15) is 11.1 Å². The number of hydrogen-bond acceptors (Lipinski definition) is 6. The van der Waals surface area contributed by atoms with Gasteiger partial charge in [0.1, 0.15) is 24.4 Å². The van der Waals surface area contributed by atoms with Gasteiger partial charge in [0.05, 0.1) is 0 Å². The Morgan fingerprint density at radius 1 is 1.29 bits per heavy atom. The van der Waals surface area contributed by atoms with Gasteiger partial charge in [-0.25, -0.2) is 0 Å². The van der Waals surface area contributed by atoms with Crippen molar-refractivity contribution in [2.24, 2.45) is 10.9 Å². The molecule has 1 heterocycles. The Balaban J connectivity index is 1.92. The normalized spacial score (nSPS) is 11.5. The zero-order chi connectivity index (χ0) is 16.9. The summed E-state index contributed by atoms with van der Waals surface area (Å²) in [5, 5.41) is 23.5. The summed E-state index contributed by atoms with van der Waals surface area (Å²) in [7, 11) is 0. The Kier molecular flexibility index (Phi) is 4.57. The zero-order valence-electron chi connectivity index (χ0n) is 12.4. The maximum atomic E-state index is 8.83. The molecule has 0 bridgehead atoms. The Morgan fingerprint density at radius 2 is 2.17 bits per heavy atom. The van der Waals surface area contributed by atoms with Crippen molar-refractivity contribution in [2.45, 2.75) is 6.61 Å². The van der Waals surface area contributed by atoms with Crippen LogP contribution in [0.3, 0.4) is 0 Å². The van der Waals surface area contributed by atoms with E-state index in [-0.39, 0.29) is 5.84 Å².